The molecule has 10 heteroatoms. The quantitative estimate of drug-likeness (QED) is 0.658. The number of halogens is 2. The predicted molar refractivity (Wildman–Crippen MR) is 101 cm³/mol. The second kappa shape index (κ2) is 8.62. The summed E-state index contributed by atoms with van der Waals surface area (Å²) in [5, 5.41) is 28.3. The minimum absolute atomic E-state index is 0.0130. The minimum Gasteiger partial charge on any atom is -0.431 e. The summed E-state index contributed by atoms with van der Waals surface area (Å²) in [5.41, 5.74) is 6.89. The number of ether oxygens (including phenoxy) is 2. The van der Waals surface area contributed by atoms with Crippen LogP contribution < -0.4 is 10.5 Å². The second-order valence-corrected chi connectivity index (χ2v) is 7.30. The predicted octanol–water partition coefficient (Wildman–Crippen LogP) is 2.78. The summed E-state index contributed by atoms with van der Waals surface area (Å²) in [6.45, 7) is -0.166. The highest BCUT2D eigenvalue weighted by molar-refractivity contribution is 7.99. The van der Waals surface area contributed by atoms with E-state index in [1.807, 2.05) is 6.07 Å². The summed E-state index contributed by atoms with van der Waals surface area (Å²) in [6, 6.07) is 9.44. The molecule has 0 atom stereocenters. The number of nitrogens with zero attached hydrogens (tertiary/aromatic N) is 3. The zero-order chi connectivity index (χ0) is 21.0. The zero-order valence-electron chi connectivity index (χ0n) is 15.1. The lowest BCUT2D eigenvalue weighted by Crippen LogP contribution is -2.29. The van der Waals surface area contributed by atoms with Crippen molar-refractivity contribution in [3.8, 4) is 29.0 Å². The average molecular weight is 418 g/mol. The summed E-state index contributed by atoms with van der Waals surface area (Å²) in [7, 11) is 0. The van der Waals surface area contributed by atoms with Crippen LogP contribution in [0.5, 0.6) is 5.75 Å². The van der Waals surface area contributed by atoms with Gasteiger partial charge in [0.05, 0.1) is 18.8 Å². The van der Waals surface area contributed by atoms with Crippen LogP contribution >= 0.6 is 11.8 Å². The lowest BCUT2D eigenvalue weighted by molar-refractivity contribution is -0.200. The zero-order valence-corrected chi connectivity index (χ0v) is 15.9. The molecule has 0 radical (unpaired) electrons. The Morgan fingerprint density at radius 3 is 2.41 bits per heavy atom. The number of aliphatic hydroxyl groups is 1. The van der Waals surface area contributed by atoms with E-state index >= 15 is 0 Å². The first-order valence-electron chi connectivity index (χ1n) is 8.51. The van der Waals surface area contributed by atoms with E-state index in [0.717, 1.165) is 0 Å². The molecule has 1 fully saturated rings. The van der Waals surface area contributed by atoms with Crippen molar-refractivity contribution in [2.75, 3.05) is 31.3 Å². The maximum atomic E-state index is 13.2. The van der Waals surface area contributed by atoms with Gasteiger partial charge in [-0.15, -0.1) is 11.8 Å². The molecule has 0 unspecified atom stereocenters. The van der Waals surface area contributed by atoms with Gasteiger partial charge in [0, 0.05) is 17.2 Å². The molecule has 0 amide bonds. The first-order chi connectivity index (χ1) is 13.9. The number of nitriles is 2. The van der Waals surface area contributed by atoms with Gasteiger partial charge in [-0.05, 0) is 17.7 Å². The fourth-order valence-corrected chi connectivity index (χ4v) is 3.70. The van der Waals surface area contributed by atoms with E-state index in [9.17, 15) is 19.3 Å². The van der Waals surface area contributed by atoms with Crippen molar-refractivity contribution in [2.24, 2.45) is 5.92 Å². The highest BCUT2D eigenvalue weighted by atomic mass is 32.2. The maximum Gasteiger partial charge on any atom is 0.421 e. The highest BCUT2D eigenvalue weighted by Crippen LogP contribution is 2.37. The van der Waals surface area contributed by atoms with E-state index in [2.05, 4.69) is 15.8 Å². The minimum atomic E-state index is -3.71. The van der Waals surface area contributed by atoms with Crippen LogP contribution in [0.2, 0.25) is 0 Å². The summed E-state index contributed by atoms with van der Waals surface area (Å²) in [5.74, 6) is 0.862. The van der Waals surface area contributed by atoms with Crippen LogP contribution in [0.3, 0.4) is 0 Å². The molecule has 1 aliphatic rings. The number of aromatic nitrogens is 1. The van der Waals surface area contributed by atoms with Crippen LogP contribution in [0, 0.1) is 28.6 Å². The van der Waals surface area contributed by atoms with Gasteiger partial charge in [0.1, 0.15) is 40.9 Å². The van der Waals surface area contributed by atoms with Crippen LogP contribution in [-0.4, -0.2) is 41.8 Å². The van der Waals surface area contributed by atoms with Crippen LogP contribution in [0.25, 0.3) is 11.1 Å². The van der Waals surface area contributed by atoms with Crippen LogP contribution in [0.15, 0.2) is 29.3 Å². The molecule has 0 aliphatic carbocycles. The summed E-state index contributed by atoms with van der Waals surface area (Å²) >= 11 is 1.36. The number of pyridine rings is 1. The maximum absolute atomic E-state index is 13.2. The number of thioether (sulfide) groups is 1. The van der Waals surface area contributed by atoms with Crippen molar-refractivity contribution in [1.29, 1.82) is 10.5 Å². The van der Waals surface area contributed by atoms with Crippen LogP contribution in [0.1, 0.15) is 11.1 Å². The molecular formula is C19H16F2N4O3S. The topological polar surface area (TPSA) is 125 Å². The van der Waals surface area contributed by atoms with Gasteiger partial charge in [-0.25, -0.2) is 4.98 Å². The SMILES string of the molecule is N#Cc1c(N)nc(SCC2COC2)c(C#N)c1-c1ccc(OC(F)(F)CO)cc1. The van der Waals surface area contributed by atoms with Gasteiger partial charge in [-0.3, -0.25) is 0 Å². The van der Waals surface area contributed by atoms with E-state index in [4.69, 9.17) is 15.6 Å². The lowest BCUT2D eigenvalue weighted by Gasteiger charge is -2.25. The largest absolute Gasteiger partial charge is 0.431 e. The van der Waals surface area contributed by atoms with Crippen molar-refractivity contribution < 1.29 is 23.4 Å². The molecule has 1 aromatic heterocycles. The number of alkyl halides is 2. The van der Waals surface area contributed by atoms with E-state index in [1.165, 1.54) is 36.0 Å². The second-order valence-electron chi connectivity index (χ2n) is 6.29. The molecule has 0 spiro atoms. The molecule has 2 aromatic rings. The monoisotopic (exact) mass is 418 g/mol. The van der Waals surface area contributed by atoms with E-state index in [1.54, 1.807) is 0 Å². The molecule has 29 heavy (non-hydrogen) atoms. The molecule has 2 heterocycles. The summed E-state index contributed by atoms with van der Waals surface area (Å²) in [4.78, 5) is 4.21. The summed E-state index contributed by atoms with van der Waals surface area (Å²) < 4.78 is 35.9. The van der Waals surface area contributed by atoms with Crippen LogP contribution in [0.4, 0.5) is 14.6 Å². The molecule has 3 rings (SSSR count). The number of nitrogens with two attached hydrogens (primary N) is 1. The number of rotatable bonds is 7. The number of anilines is 1. The number of nitrogen functional groups attached to an aromatic ring is 1. The van der Waals surface area contributed by atoms with Crippen LogP contribution in [-0.2, 0) is 4.74 Å². The van der Waals surface area contributed by atoms with Crippen molar-refractivity contribution in [3.05, 3.63) is 35.4 Å². The fourth-order valence-electron chi connectivity index (χ4n) is 2.66. The number of hydrogen-bond donors (Lipinski definition) is 2. The first kappa shape index (κ1) is 20.8. The Morgan fingerprint density at radius 2 is 1.90 bits per heavy atom. The third-order valence-corrected chi connectivity index (χ3v) is 5.38. The molecule has 1 aliphatic heterocycles. The van der Waals surface area contributed by atoms with Gasteiger partial charge in [-0.1, -0.05) is 12.1 Å². The van der Waals surface area contributed by atoms with E-state index < -0.39 is 12.7 Å². The molecular weight excluding hydrogens is 402 g/mol. The summed E-state index contributed by atoms with van der Waals surface area (Å²) in [6.07, 6.45) is -3.71. The van der Waals surface area contributed by atoms with Crippen molar-refractivity contribution in [3.63, 3.8) is 0 Å². The fraction of sp³-hybridized carbons (Fsp3) is 0.316. The lowest BCUT2D eigenvalue weighted by atomic mass is 9.97. The van der Waals surface area contributed by atoms with Crippen molar-refractivity contribution in [2.45, 2.75) is 11.1 Å². The Hall–Kier alpha value is -2.92. The number of hydrogen-bond acceptors (Lipinski definition) is 8. The molecule has 1 saturated heterocycles. The molecule has 7 nitrogen and oxygen atoms in total. The molecule has 150 valence electrons. The van der Waals surface area contributed by atoms with E-state index in [0.29, 0.717) is 35.5 Å². The molecule has 3 N–H and O–H groups in total. The normalized spacial score (nSPS) is 14.0. The van der Waals surface area contributed by atoms with Gasteiger partial charge >= 0.3 is 6.11 Å². The Morgan fingerprint density at radius 1 is 1.24 bits per heavy atom. The number of aliphatic hydroxyl groups excluding tert-OH is 1. The van der Waals surface area contributed by atoms with Gasteiger partial charge in [0.15, 0.2) is 0 Å². The standard InChI is InChI=1S/C19H16F2N4O3S/c20-19(21,10-26)28-13-3-1-12(2-4-13)16-14(5-22)17(24)25-18(15(16)6-23)29-9-11-7-27-8-11/h1-4,11,26H,7-10H2,(H2,24,25). The smallest absolute Gasteiger partial charge is 0.421 e. The molecule has 0 bridgehead atoms. The Labute approximate surface area is 169 Å². The molecule has 0 saturated carbocycles. The Balaban J connectivity index is 1.99. The van der Waals surface area contributed by atoms with E-state index in [-0.39, 0.29) is 28.3 Å². The Bertz CT molecular complexity index is 983. The van der Waals surface area contributed by atoms with Gasteiger partial charge in [0.2, 0.25) is 0 Å². The number of benzene rings is 1. The van der Waals surface area contributed by atoms with Gasteiger partial charge in [0.25, 0.3) is 0 Å². The third-order valence-electron chi connectivity index (χ3n) is 4.17. The van der Waals surface area contributed by atoms with Crippen molar-refractivity contribution >= 4 is 17.6 Å². The average Bonchev–Trinajstić information content (AvgIpc) is 2.66. The van der Waals surface area contributed by atoms with Gasteiger partial charge in [-0.2, -0.15) is 19.3 Å². The third kappa shape index (κ3) is 4.57. The highest BCUT2D eigenvalue weighted by Gasteiger charge is 2.30. The Kier molecular flexibility index (Phi) is 6.18. The van der Waals surface area contributed by atoms with Gasteiger partial charge < -0.3 is 20.3 Å². The first-order valence-corrected chi connectivity index (χ1v) is 9.49. The van der Waals surface area contributed by atoms with Crippen molar-refractivity contribution in [1.82, 2.24) is 4.98 Å². The molecule has 1 aromatic carbocycles.